The zero-order chi connectivity index (χ0) is 27.4. The lowest BCUT2D eigenvalue weighted by Crippen LogP contribution is -2.53. The highest BCUT2D eigenvalue weighted by Gasteiger charge is 2.52. The number of hydrogen-bond donors (Lipinski definition) is 3. The number of carbonyl (C=O) groups excluding carboxylic acids is 4. The molecule has 0 saturated carbocycles. The van der Waals surface area contributed by atoms with Gasteiger partial charge in [-0.3, -0.25) is 23.9 Å². The molecule has 1 unspecified atom stereocenters. The number of likely N-dealkylation sites (tertiary alicyclic amines) is 1. The molecule has 9 nitrogen and oxygen atoms in total. The Hall–Kier alpha value is -2.42. The first kappa shape index (κ1) is 29.8. The summed E-state index contributed by atoms with van der Waals surface area (Å²) in [6, 6.07) is -3.42. The van der Waals surface area contributed by atoms with Gasteiger partial charge in [0.25, 0.3) is 5.91 Å². The summed E-state index contributed by atoms with van der Waals surface area (Å²) in [7, 11) is 0. The topological polar surface area (TPSA) is 125 Å². The van der Waals surface area contributed by atoms with E-state index in [1.165, 1.54) is 0 Å². The molecule has 0 aromatic carbocycles. The van der Waals surface area contributed by atoms with Gasteiger partial charge in [0.05, 0.1) is 12.0 Å². The van der Waals surface area contributed by atoms with Crippen molar-refractivity contribution in [1.82, 2.24) is 15.5 Å². The molecule has 15 heteroatoms. The molecule has 2 aliphatic heterocycles. The summed E-state index contributed by atoms with van der Waals surface area (Å²) in [6.07, 6.45) is -12.7. The van der Waals surface area contributed by atoms with Crippen molar-refractivity contribution in [3.8, 4) is 0 Å². The summed E-state index contributed by atoms with van der Waals surface area (Å²) in [5, 5.41) is 14.7. The molecule has 0 aromatic rings. The molecule has 2 heterocycles. The van der Waals surface area contributed by atoms with Gasteiger partial charge < -0.3 is 20.6 Å². The van der Waals surface area contributed by atoms with E-state index in [-0.39, 0.29) is 25.3 Å². The number of hydrogen-bond acceptors (Lipinski definition) is 6. The van der Waals surface area contributed by atoms with Crippen LogP contribution < -0.4 is 10.6 Å². The van der Waals surface area contributed by atoms with Crippen LogP contribution in [-0.4, -0.2) is 83.9 Å². The Morgan fingerprint density at radius 2 is 1.83 bits per heavy atom. The van der Waals surface area contributed by atoms with Crippen LogP contribution in [0.15, 0.2) is 0 Å². The number of rotatable bonds is 10. The molecule has 2 rings (SSSR count). The lowest BCUT2D eigenvalue weighted by Gasteiger charge is -2.28. The van der Waals surface area contributed by atoms with Gasteiger partial charge in [-0.05, 0) is 31.6 Å². The van der Waals surface area contributed by atoms with Crippen molar-refractivity contribution in [3.63, 3.8) is 0 Å². The molecule has 2 fully saturated rings. The van der Waals surface area contributed by atoms with Gasteiger partial charge in [0.1, 0.15) is 18.8 Å². The number of halogens is 6. The third-order valence-corrected chi connectivity index (χ3v) is 6.10. The van der Waals surface area contributed by atoms with Gasteiger partial charge in [-0.2, -0.15) is 13.2 Å². The Morgan fingerprint density at radius 3 is 2.33 bits per heavy atom. The van der Waals surface area contributed by atoms with Crippen molar-refractivity contribution in [3.05, 3.63) is 0 Å². The molecule has 3 amide bonds. The summed E-state index contributed by atoms with van der Waals surface area (Å²) >= 11 is 0. The summed E-state index contributed by atoms with van der Waals surface area (Å²) < 4.78 is 81.0. The van der Waals surface area contributed by atoms with Crippen molar-refractivity contribution in [2.45, 2.75) is 70.3 Å². The van der Waals surface area contributed by atoms with Crippen LogP contribution in [-0.2, 0) is 23.9 Å². The average Bonchev–Trinajstić information content (AvgIpc) is 3.36. The van der Waals surface area contributed by atoms with E-state index < -0.39 is 92.1 Å². The zero-order valence-electron chi connectivity index (χ0n) is 19.6. The van der Waals surface area contributed by atoms with Crippen LogP contribution in [0.5, 0.6) is 0 Å². The third-order valence-electron chi connectivity index (χ3n) is 6.10. The predicted octanol–water partition coefficient (Wildman–Crippen LogP) is 1.29. The normalized spacial score (nSPS) is 24.6. The number of aliphatic hydroxyl groups is 1. The van der Waals surface area contributed by atoms with Gasteiger partial charge in [-0.15, -0.1) is 13.2 Å². The van der Waals surface area contributed by atoms with E-state index in [2.05, 4.69) is 15.4 Å². The third kappa shape index (κ3) is 8.32. The second-order valence-electron chi connectivity index (χ2n) is 9.40. The van der Waals surface area contributed by atoms with Gasteiger partial charge in [0, 0.05) is 19.0 Å². The molecule has 0 bridgehead atoms. The Bertz CT molecular complexity index is 834. The summed E-state index contributed by atoms with van der Waals surface area (Å²) in [5.41, 5.74) is 0. The molecule has 206 valence electrons. The quantitative estimate of drug-likeness (QED) is 0.364. The molecule has 0 aliphatic carbocycles. The minimum Gasteiger partial charge on any atom is -0.383 e. The number of ether oxygens (including phenoxy) is 1. The maximum Gasteiger partial charge on any atom is 0.522 e. The van der Waals surface area contributed by atoms with Crippen LogP contribution in [0.25, 0.3) is 0 Å². The minimum absolute atomic E-state index is 0.0763. The summed E-state index contributed by atoms with van der Waals surface area (Å²) in [5.74, 6) is -7.17. The van der Waals surface area contributed by atoms with Crippen LogP contribution in [0.3, 0.4) is 0 Å². The Labute approximate surface area is 202 Å². The Kier molecular flexibility index (Phi) is 9.73. The molecule has 0 aromatic heterocycles. The monoisotopic (exact) mass is 533 g/mol. The second kappa shape index (κ2) is 11.8. The molecule has 2 aliphatic rings. The van der Waals surface area contributed by atoms with E-state index in [1.54, 1.807) is 13.8 Å². The van der Waals surface area contributed by atoms with E-state index >= 15 is 0 Å². The number of aliphatic hydroxyl groups excluding tert-OH is 1. The smallest absolute Gasteiger partial charge is 0.383 e. The molecular weight excluding hydrogens is 504 g/mol. The average molecular weight is 533 g/mol. The SMILES string of the molecule is CC(C)C[C@@H](O)C(=O)N1C[C@H](C(F)(F)F)CC1C(=O)N[C@@H](C[C@@H]1CCNC1=O)C(=O)COC(F)(F)F. The second-order valence-corrected chi connectivity index (χ2v) is 9.40. The summed E-state index contributed by atoms with van der Waals surface area (Å²) in [6.45, 7) is 1.18. The van der Waals surface area contributed by atoms with E-state index in [0.717, 1.165) is 0 Å². The predicted molar refractivity (Wildman–Crippen MR) is 110 cm³/mol. The standard InChI is InChI=1S/C21H29F6N3O6/c1-10(2)5-15(31)19(35)30-8-12(20(22,23)24)7-14(30)18(34)29-13(6-11-3-4-28-17(11)33)16(32)9-36-21(25,26)27/h10-15,31H,3-9H2,1-2H3,(H,28,33)(H,29,34)/t11-,12+,13-,14?,15+/m0/s1. The van der Waals surface area contributed by atoms with E-state index in [4.69, 9.17) is 0 Å². The van der Waals surface area contributed by atoms with Crippen LogP contribution in [0, 0.1) is 17.8 Å². The lowest BCUT2D eigenvalue weighted by atomic mass is 9.95. The zero-order valence-corrected chi connectivity index (χ0v) is 19.6. The number of nitrogens with zero attached hydrogens (tertiary/aromatic N) is 1. The summed E-state index contributed by atoms with van der Waals surface area (Å²) in [4.78, 5) is 50.6. The number of nitrogens with one attached hydrogen (secondary N) is 2. The van der Waals surface area contributed by atoms with Crippen LogP contribution in [0.4, 0.5) is 26.3 Å². The highest BCUT2D eigenvalue weighted by atomic mass is 19.4. The number of carbonyl (C=O) groups is 4. The van der Waals surface area contributed by atoms with E-state index in [0.29, 0.717) is 4.90 Å². The Morgan fingerprint density at radius 1 is 1.19 bits per heavy atom. The van der Waals surface area contributed by atoms with Crippen molar-refractivity contribution in [2.75, 3.05) is 19.7 Å². The lowest BCUT2D eigenvalue weighted by molar-refractivity contribution is -0.321. The largest absolute Gasteiger partial charge is 0.522 e. The van der Waals surface area contributed by atoms with Crippen molar-refractivity contribution in [1.29, 1.82) is 0 Å². The number of amides is 3. The fourth-order valence-electron chi connectivity index (χ4n) is 4.25. The molecule has 0 spiro atoms. The van der Waals surface area contributed by atoms with Crippen molar-refractivity contribution < 1.29 is 55.4 Å². The van der Waals surface area contributed by atoms with E-state index in [9.17, 15) is 50.6 Å². The van der Waals surface area contributed by atoms with Gasteiger partial charge in [0.2, 0.25) is 11.8 Å². The Balaban J connectivity index is 2.24. The van der Waals surface area contributed by atoms with Crippen molar-refractivity contribution >= 4 is 23.5 Å². The fourth-order valence-corrected chi connectivity index (χ4v) is 4.25. The highest BCUT2D eigenvalue weighted by Crippen LogP contribution is 2.37. The van der Waals surface area contributed by atoms with Crippen LogP contribution in [0.1, 0.15) is 39.5 Å². The van der Waals surface area contributed by atoms with Gasteiger partial charge in [-0.25, -0.2) is 0 Å². The molecule has 2 saturated heterocycles. The van der Waals surface area contributed by atoms with Crippen LogP contribution in [0.2, 0.25) is 0 Å². The van der Waals surface area contributed by atoms with Gasteiger partial charge in [-0.1, -0.05) is 13.8 Å². The van der Waals surface area contributed by atoms with Crippen molar-refractivity contribution in [2.24, 2.45) is 17.8 Å². The van der Waals surface area contributed by atoms with Gasteiger partial charge in [0.15, 0.2) is 5.78 Å². The number of alkyl halides is 6. The van der Waals surface area contributed by atoms with Gasteiger partial charge >= 0.3 is 12.5 Å². The minimum atomic E-state index is -5.16. The molecule has 36 heavy (non-hydrogen) atoms. The fraction of sp³-hybridized carbons (Fsp3) is 0.810. The maximum atomic E-state index is 13.4. The molecule has 0 radical (unpaired) electrons. The highest BCUT2D eigenvalue weighted by molar-refractivity contribution is 5.94. The van der Waals surface area contributed by atoms with Crippen LogP contribution >= 0.6 is 0 Å². The molecule has 3 N–H and O–H groups in total. The molecular formula is C21H29F6N3O6. The first-order valence-corrected chi connectivity index (χ1v) is 11.4. The maximum absolute atomic E-state index is 13.4. The number of ketones is 1. The first-order chi connectivity index (χ1) is 16.5. The van der Waals surface area contributed by atoms with E-state index in [1.807, 2.05) is 0 Å². The first-order valence-electron chi connectivity index (χ1n) is 11.4. The number of Topliss-reactive ketones (excluding diaryl/α,β-unsaturated/α-hetero) is 1. The molecule has 5 atom stereocenters.